The number of carboxylic acid groups (broad SMARTS) is 1. The summed E-state index contributed by atoms with van der Waals surface area (Å²) in [5, 5.41) is 13.5. The molecule has 1 heterocycles. The van der Waals surface area contributed by atoms with Crippen molar-refractivity contribution in [1.29, 1.82) is 0 Å². The molecule has 0 amide bonds. The number of ether oxygens (including phenoxy) is 1. The topological polar surface area (TPSA) is 89.6 Å². The summed E-state index contributed by atoms with van der Waals surface area (Å²) in [6, 6.07) is 22.4. The van der Waals surface area contributed by atoms with Gasteiger partial charge in [-0.3, -0.25) is 9.59 Å². The predicted molar refractivity (Wildman–Crippen MR) is 133 cm³/mol. The second kappa shape index (κ2) is 10.6. The van der Waals surface area contributed by atoms with Crippen LogP contribution in [0.3, 0.4) is 0 Å². The van der Waals surface area contributed by atoms with Crippen LogP contribution in [0.25, 0.3) is 22.5 Å². The zero-order valence-corrected chi connectivity index (χ0v) is 20.1. The molecule has 1 aromatic heterocycles. The minimum Gasteiger partial charge on any atom is -0.481 e. The third-order valence-electron chi connectivity index (χ3n) is 5.75. The number of benzene rings is 3. The van der Waals surface area contributed by atoms with Crippen molar-refractivity contribution in [3.63, 3.8) is 0 Å². The Hall–Kier alpha value is -3.90. The van der Waals surface area contributed by atoms with Crippen LogP contribution in [-0.2, 0) is 27.2 Å². The predicted octanol–water partition coefficient (Wildman–Crippen LogP) is 6.44. The SMILES string of the molecule is Cc1noc(-c2ccc(-c3ccc(CC(=O)O)cc3)cc2)c1CC(=O)OC(C)c1ccccc1Cl. The Balaban J connectivity index is 1.48. The third-order valence-corrected chi connectivity index (χ3v) is 6.09. The first-order valence-electron chi connectivity index (χ1n) is 11.1. The maximum absolute atomic E-state index is 12.7. The molecule has 0 fully saturated rings. The fourth-order valence-electron chi connectivity index (χ4n) is 3.88. The van der Waals surface area contributed by atoms with Gasteiger partial charge in [-0.25, -0.2) is 0 Å². The quantitative estimate of drug-likeness (QED) is 0.286. The summed E-state index contributed by atoms with van der Waals surface area (Å²) in [6.45, 7) is 3.58. The van der Waals surface area contributed by atoms with Crippen LogP contribution in [0.15, 0.2) is 77.3 Å². The number of carbonyl (C=O) groups excluding carboxylic acids is 1. The van der Waals surface area contributed by atoms with Gasteiger partial charge in [0.15, 0.2) is 5.76 Å². The second-order valence-corrected chi connectivity index (χ2v) is 8.66. The molecule has 4 rings (SSSR count). The molecule has 3 aromatic carbocycles. The van der Waals surface area contributed by atoms with Crippen LogP contribution >= 0.6 is 11.6 Å². The summed E-state index contributed by atoms with van der Waals surface area (Å²) < 4.78 is 11.2. The second-order valence-electron chi connectivity index (χ2n) is 8.25. The summed E-state index contributed by atoms with van der Waals surface area (Å²) in [7, 11) is 0. The fraction of sp³-hybridized carbons (Fsp3) is 0.179. The molecule has 6 nitrogen and oxygen atoms in total. The van der Waals surface area contributed by atoms with Gasteiger partial charge in [0.2, 0.25) is 0 Å². The van der Waals surface area contributed by atoms with Crippen molar-refractivity contribution < 1.29 is 24.0 Å². The van der Waals surface area contributed by atoms with Crippen LogP contribution in [0, 0.1) is 6.92 Å². The zero-order valence-electron chi connectivity index (χ0n) is 19.3. The van der Waals surface area contributed by atoms with Gasteiger partial charge in [-0.1, -0.05) is 83.5 Å². The summed E-state index contributed by atoms with van der Waals surface area (Å²) in [5.41, 5.74) is 5.52. The lowest BCUT2D eigenvalue weighted by Crippen LogP contribution is -2.12. The van der Waals surface area contributed by atoms with Crippen LogP contribution in [0.1, 0.15) is 35.4 Å². The summed E-state index contributed by atoms with van der Waals surface area (Å²) in [6.07, 6.45) is -0.473. The lowest BCUT2D eigenvalue weighted by molar-refractivity contribution is -0.147. The first-order valence-corrected chi connectivity index (χ1v) is 11.5. The molecule has 0 radical (unpaired) electrons. The van der Waals surface area contributed by atoms with Gasteiger partial charge >= 0.3 is 11.9 Å². The van der Waals surface area contributed by atoms with E-state index in [1.165, 1.54) is 0 Å². The van der Waals surface area contributed by atoms with Gasteiger partial charge in [0.1, 0.15) is 6.10 Å². The minimum absolute atomic E-state index is 0.00750. The lowest BCUT2D eigenvalue weighted by atomic mass is 9.99. The number of hydrogen-bond acceptors (Lipinski definition) is 5. The third kappa shape index (κ3) is 5.78. The molecular weight excluding hydrogens is 466 g/mol. The Morgan fingerprint density at radius 2 is 1.54 bits per heavy atom. The molecule has 0 aliphatic heterocycles. The number of aryl methyl sites for hydroxylation is 1. The number of hydrogen-bond donors (Lipinski definition) is 1. The Kier molecular flexibility index (Phi) is 7.32. The molecule has 0 saturated heterocycles. The average Bonchev–Trinajstić information content (AvgIpc) is 3.19. The highest BCUT2D eigenvalue weighted by atomic mass is 35.5. The van der Waals surface area contributed by atoms with E-state index in [1.54, 1.807) is 19.9 Å². The van der Waals surface area contributed by atoms with E-state index in [0.717, 1.165) is 27.8 Å². The highest BCUT2D eigenvalue weighted by molar-refractivity contribution is 6.31. The van der Waals surface area contributed by atoms with E-state index in [-0.39, 0.29) is 12.8 Å². The first kappa shape index (κ1) is 24.2. The van der Waals surface area contributed by atoms with Crippen LogP contribution < -0.4 is 0 Å². The minimum atomic E-state index is -0.859. The molecule has 1 unspecified atom stereocenters. The van der Waals surface area contributed by atoms with Gasteiger partial charge in [0, 0.05) is 21.7 Å². The molecule has 4 aromatic rings. The number of halogens is 1. The van der Waals surface area contributed by atoms with Gasteiger partial charge < -0.3 is 14.4 Å². The van der Waals surface area contributed by atoms with Crippen molar-refractivity contribution in [3.8, 4) is 22.5 Å². The van der Waals surface area contributed by atoms with E-state index in [1.807, 2.05) is 66.7 Å². The standard InChI is InChI=1S/C28H24ClNO5/c1-17-24(16-27(33)34-18(2)23-5-3-4-6-25(23)29)28(35-30-17)22-13-11-21(12-14-22)20-9-7-19(8-10-20)15-26(31)32/h3-14,18H,15-16H2,1-2H3,(H,31,32). The smallest absolute Gasteiger partial charge is 0.311 e. The van der Waals surface area contributed by atoms with E-state index in [4.69, 9.17) is 26.0 Å². The molecular formula is C28H24ClNO5. The highest BCUT2D eigenvalue weighted by Crippen LogP contribution is 2.31. The van der Waals surface area contributed by atoms with Crippen molar-refractivity contribution in [3.05, 3.63) is 100 Å². The molecule has 178 valence electrons. The maximum Gasteiger partial charge on any atom is 0.311 e. The number of rotatable bonds is 8. The van der Waals surface area contributed by atoms with Gasteiger partial charge in [0.25, 0.3) is 0 Å². The van der Waals surface area contributed by atoms with Crippen molar-refractivity contribution in [1.82, 2.24) is 5.16 Å². The largest absolute Gasteiger partial charge is 0.481 e. The Bertz CT molecular complexity index is 1340. The molecule has 1 atom stereocenters. The maximum atomic E-state index is 12.7. The molecule has 0 aliphatic rings. The van der Waals surface area contributed by atoms with Gasteiger partial charge in [-0.2, -0.15) is 0 Å². The van der Waals surface area contributed by atoms with Crippen molar-refractivity contribution >= 4 is 23.5 Å². The average molecular weight is 490 g/mol. The Labute approximate surface area is 208 Å². The molecule has 1 N–H and O–H groups in total. The lowest BCUT2D eigenvalue weighted by Gasteiger charge is -2.15. The van der Waals surface area contributed by atoms with Crippen LogP contribution in [0.4, 0.5) is 0 Å². The number of nitrogens with zero attached hydrogens (tertiary/aromatic N) is 1. The van der Waals surface area contributed by atoms with Gasteiger partial charge in [-0.15, -0.1) is 0 Å². The molecule has 0 aliphatic carbocycles. The summed E-state index contributed by atoms with van der Waals surface area (Å²) in [5.74, 6) is -0.737. The van der Waals surface area contributed by atoms with Crippen LogP contribution in [-0.4, -0.2) is 22.2 Å². The number of aromatic nitrogens is 1. The van der Waals surface area contributed by atoms with Gasteiger partial charge in [-0.05, 0) is 36.6 Å². The van der Waals surface area contributed by atoms with Crippen LogP contribution in [0.2, 0.25) is 5.02 Å². The molecule has 35 heavy (non-hydrogen) atoms. The Morgan fingerprint density at radius 1 is 0.943 bits per heavy atom. The van der Waals surface area contributed by atoms with Gasteiger partial charge in [0.05, 0.1) is 18.5 Å². The number of carbonyl (C=O) groups is 2. The van der Waals surface area contributed by atoms with Crippen molar-refractivity contribution in [2.45, 2.75) is 32.8 Å². The number of esters is 1. The van der Waals surface area contributed by atoms with E-state index in [9.17, 15) is 9.59 Å². The van der Waals surface area contributed by atoms with E-state index < -0.39 is 18.0 Å². The number of aliphatic carboxylic acids is 1. The summed E-state index contributed by atoms with van der Waals surface area (Å²) >= 11 is 6.22. The van der Waals surface area contributed by atoms with Crippen molar-refractivity contribution in [2.24, 2.45) is 0 Å². The molecule has 7 heteroatoms. The molecule has 0 spiro atoms. The summed E-state index contributed by atoms with van der Waals surface area (Å²) in [4.78, 5) is 23.6. The van der Waals surface area contributed by atoms with Crippen LogP contribution in [0.5, 0.6) is 0 Å². The zero-order chi connectivity index (χ0) is 24.9. The Morgan fingerprint density at radius 3 is 2.17 bits per heavy atom. The highest BCUT2D eigenvalue weighted by Gasteiger charge is 2.21. The molecule has 0 bridgehead atoms. The molecule has 0 saturated carbocycles. The van der Waals surface area contributed by atoms with E-state index in [0.29, 0.717) is 22.0 Å². The first-order chi connectivity index (χ1) is 16.8. The van der Waals surface area contributed by atoms with E-state index >= 15 is 0 Å². The van der Waals surface area contributed by atoms with E-state index in [2.05, 4.69) is 5.16 Å². The number of carboxylic acids is 1. The fourth-order valence-corrected chi connectivity index (χ4v) is 4.17. The monoisotopic (exact) mass is 489 g/mol. The van der Waals surface area contributed by atoms with Crippen molar-refractivity contribution in [2.75, 3.05) is 0 Å². The normalized spacial score (nSPS) is 11.7.